The molecule has 0 bridgehead atoms. The summed E-state index contributed by atoms with van der Waals surface area (Å²) in [6.45, 7) is 0.537. The Balaban J connectivity index is 1.19. The number of carboxylic acids is 1. The fourth-order valence-corrected chi connectivity index (χ4v) is 12.0. The van der Waals surface area contributed by atoms with E-state index in [1.54, 1.807) is 6.07 Å². The fraction of sp³-hybridized carbons (Fsp3) is 0.519. The Morgan fingerprint density at radius 2 is 1.52 bits per heavy atom. The number of aromatic hydroxyl groups is 1. The summed E-state index contributed by atoms with van der Waals surface area (Å²) in [5, 5.41) is 21.3. The van der Waals surface area contributed by atoms with Gasteiger partial charge in [0.1, 0.15) is 5.75 Å². The molecular weight excluding hydrogens is 687 g/mol. The molecule has 0 spiro atoms. The summed E-state index contributed by atoms with van der Waals surface area (Å²) < 4.78 is 0. The average Bonchev–Trinajstić information content (AvgIpc) is 3.23. The quantitative estimate of drug-likeness (QED) is 0.127. The number of fused-ring (bicyclic) bond motifs is 1. The van der Waals surface area contributed by atoms with Gasteiger partial charge >= 0.3 is 5.97 Å². The molecule has 0 heterocycles. The maximum atomic E-state index is 13.4. The molecule has 0 aliphatic heterocycles. The van der Waals surface area contributed by atoms with Gasteiger partial charge in [-0.3, -0.25) is 4.79 Å². The SMILES string of the molecule is NC[C@H]1C=C[C@@H](C(=O)O)[C@@H]2[C@@H]1[C@@H](C[C@@H](CC=CCCC1CCCCC1)CCc1ccccc1)C=C[C@@H]2[C@]1(c2ccccc2)CCC[C@H](Cc2cccc(O)c2)C1. The van der Waals surface area contributed by atoms with Crippen LogP contribution in [-0.2, 0) is 23.1 Å². The Bertz CT molecular complexity index is 1760. The molecule has 0 radical (unpaired) electrons. The van der Waals surface area contributed by atoms with E-state index in [0.29, 0.717) is 24.1 Å². The highest BCUT2D eigenvalue weighted by molar-refractivity contribution is 5.73. The number of phenols is 1. The van der Waals surface area contributed by atoms with Gasteiger partial charge in [-0.2, -0.15) is 0 Å². The highest BCUT2D eigenvalue weighted by Gasteiger charge is 2.55. The zero-order valence-corrected chi connectivity index (χ0v) is 33.6. The van der Waals surface area contributed by atoms with E-state index in [-0.39, 0.29) is 35.0 Å². The Kier molecular flexibility index (Phi) is 14.0. The van der Waals surface area contributed by atoms with Crippen LogP contribution in [0.25, 0.3) is 0 Å². The Morgan fingerprint density at radius 1 is 0.786 bits per heavy atom. The van der Waals surface area contributed by atoms with Crippen molar-refractivity contribution in [2.75, 3.05) is 6.54 Å². The molecule has 4 nitrogen and oxygen atoms in total. The molecule has 9 atom stereocenters. The third-order valence-electron chi connectivity index (χ3n) is 14.7. The van der Waals surface area contributed by atoms with Crippen molar-refractivity contribution < 1.29 is 15.0 Å². The molecule has 4 aliphatic rings. The molecule has 0 amide bonds. The highest BCUT2D eigenvalue weighted by Crippen LogP contribution is 2.58. The number of carbonyl (C=O) groups is 1. The van der Waals surface area contributed by atoms with Crippen LogP contribution in [0.5, 0.6) is 5.75 Å². The summed E-state index contributed by atoms with van der Waals surface area (Å²) in [6.07, 6.45) is 33.2. The van der Waals surface area contributed by atoms with Crippen LogP contribution in [0.1, 0.15) is 107 Å². The van der Waals surface area contributed by atoms with E-state index >= 15 is 0 Å². The number of hydrogen-bond donors (Lipinski definition) is 3. The van der Waals surface area contributed by atoms with E-state index < -0.39 is 11.9 Å². The van der Waals surface area contributed by atoms with E-state index in [1.165, 1.54) is 61.6 Å². The molecule has 298 valence electrons. The predicted octanol–water partition coefficient (Wildman–Crippen LogP) is 11.9. The number of phenolic OH excluding ortho intramolecular Hbond substituents is 1. The lowest BCUT2D eigenvalue weighted by molar-refractivity contribution is -0.145. The normalized spacial score (nSPS) is 29.9. The lowest BCUT2D eigenvalue weighted by Gasteiger charge is -2.56. The van der Waals surface area contributed by atoms with Crippen molar-refractivity contribution in [3.8, 4) is 5.75 Å². The molecule has 0 saturated heterocycles. The Hall–Kier alpha value is -3.89. The lowest BCUT2D eigenvalue weighted by atomic mass is 9.48. The van der Waals surface area contributed by atoms with E-state index in [4.69, 9.17) is 5.73 Å². The topological polar surface area (TPSA) is 83.6 Å². The predicted molar refractivity (Wildman–Crippen MR) is 230 cm³/mol. The van der Waals surface area contributed by atoms with Crippen molar-refractivity contribution in [2.24, 2.45) is 59.0 Å². The zero-order valence-electron chi connectivity index (χ0n) is 33.6. The van der Waals surface area contributed by atoms with Crippen LogP contribution < -0.4 is 5.73 Å². The molecule has 2 saturated carbocycles. The van der Waals surface area contributed by atoms with Crippen LogP contribution in [0.3, 0.4) is 0 Å². The summed E-state index contributed by atoms with van der Waals surface area (Å²) in [7, 11) is 0. The average molecular weight is 754 g/mol. The van der Waals surface area contributed by atoms with E-state index in [1.807, 2.05) is 18.2 Å². The minimum atomic E-state index is -0.706. The van der Waals surface area contributed by atoms with Crippen molar-refractivity contribution in [3.63, 3.8) is 0 Å². The first-order valence-corrected chi connectivity index (χ1v) is 22.3. The Morgan fingerprint density at radius 3 is 2.27 bits per heavy atom. The number of carboxylic acid groups (broad SMARTS) is 1. The van der Waals surface area contributed by atoms with Crippen molar-refractivity contribution in [1.29, 1.82) is 0 Å². The van der Waals surface area contributed by atoms with Gasteiger partial charge in [-0.1, -0.05) is 154 Å². The molecular formula is C52H67NO3. The van der Waals surface area contributed by atoms with Gasteiger partial charge in [0.15, 0.2) is 0 Å². The molecule has 7 rings (SSSR count). The second kappa shape index (κ2) is 19.5. The molecule has 3 aromatic carbocycles. The minimum Gasteiger partial charge on any atom is -0.508 e. The standard InChI is InChI=1S/C52H67NO3/c53-37-44-28-30-47(51(55)56)50-48(52(45-23-11-4-12-24-45)32-14-22-42(36-52)33-41-21-13-25-46(54)35-41)31-29-43(49(44)50)34-40(27-26-39-18-8-2-9-19-39)20-10-3-7-17-38-15-5-1-6-16-38/h2-4,8-13,18-19,21,23-25,28-31,35,38,40,42-44,47-50,54H,1,5-7,14-17,20,22,26-27,32-34,36-37,53H2,(H,55,56)/t40-,42+,43+,44+,47+,48-,49+,50-,52+/m0/s1. The first kappa shape index (κ1) is 40.3. The summed E-state index contributed by atoms with van der Waals surface area (Å²) in [5.41, 5.74) is 10.4. The monoisotopic (exact) mass is 754 g/mol. The van der Waals surface area contributed by atoms with E-state index in [0.717, 1.165) is 63.7 Å². The van der Waals surface area contributed by atoms with Crippen LogP contribution in [0.4, 0.5) is 0 Å². The number of nitrogens with two attached hydrogens (primary N) is 1. The number of aliphatic carboxylic acids is 1. The maximum absolute atomic E-state index is 13.4. The van der Waals surface area contributed by atoms with Gasteiger partial charge in [0, 0.05) is 5.41 Å². The van der Waals surface area contributed by atoms with Crippen molar-refractivity contribution >= 4 is 5.97 Å². The number of hydrogen-bond acceptors (Lipinski definition) is 3. The molecule has 4 heteroatoms. The fourth-order valence-electron chi connectivity index (χ4n) is 12.0. The molecule has 0 unspecified atom stereocenters. The summed E-state index contributed by atoms with van der Waals surface area (Å²) in [4.78, 5) is 13.4. The second-order valence-corrected chi connectivity index (χ2v) is 18.2. The summed E-state index contributed by atoms with van der Waals surface area (Å²) in [6, 6.07) is 29.7. The summed E-state index contributed by atoms with van der Waals surface area (Å²) in [5.74, 6) is 1.54. The zero-order chi connectivity index (χ0) is 38.7. The molecule has 56 heavy (non-hydrogen) atoms. The van der Waals surface area contributed by atoms with E-state index in [9.17, 15) is 15.0 Å². The maximum Gasteiger partial charge on any atom is 0.310 e. The Labute approximate surface area is 337 Å². The van der Waals surface area contributed by atoms with Gasteiger partial charge in [0.2, 0.25) is 0 Å². The van der Waals surface area contributed by atoms with Crippen LogP contribution in [0.2, 0.25) is 0 Å². The van der Waals surface area contributed by atoms with Crippen LogP contribution in [0, 0.1) is 53.3 Å². The van der Waals surface area contributed by atoms with Gasteiger partial charge in [0.05, 0.1) is 5.92 Å². The highest BCUT2D eigenvalue weighted by atomic mass is 16.4. The third-order valence-corrected chi connectivity index (χ3v) is 14.7. The van der Waals surface area contributed by atoms with Crippen molar-refractivity contribution in [2.45, 2.75) is 108 Å². The van der Waals surface area contributed by atoms with Gasteiger partial charge in [-0.05, 0) is 140 Å². The minimum absolute atomic E-state index is 0.0402. The van der Waals surface area contributed by atoms with Crippen molar-refractivity contribution in [1.82, 2.24) is 0 Å². The second-order valence-electron chi connectivity index (χ2n) is 18.2. The number of rotatable bonds is 16. The summed E-state index contributed by atoms with van der Waals surface area (Å²) >= 11 is 0. The van der Waals surface area contributed by atoms with Gasteiger partial charge in [0.25, 0.3) is 0 Å². The largest absolute Gasteiger partial charge is 0.508 e. The number of aryl methyl sites for hydroxylation is 1. The third kappa shape index (κ3) is 9.79. The number of benzene rings is 3. The first-order valence-electron chi connectivity index (χ1n) is 22.3. The van der Waals surface area contributed by atoms with Crippen molar-refractivity contribution in [3.05, 3.63) is 138 Å². The molecule has 4 aliphatic carbocycles. The first-order chi connectivity index (χ1) is 27.4. The molecule has 0 aromatic heterocycles. The van der Waals surface area contributed by atoms with Gasteiger partial charge < -0.3 is 15.9 Å². The molecule has 4 N–H and O–H groups in total. The van der Waals surface area contributed by atoms with Crippen LogP contribution >= 0.6 is 0 Å². The number of allylic oxidation sites excluding steroid dienone is 4. The molecule has 2 fully saturated rings. The van der Waals surface area contributed by atoms with Crippen LogP contribution in [-0.4, -0.2) is 22.7 Å². The van der Waals surface area contributed by atoms with Gasteiger partial charge in [-0.15, -0.1) is 0 Å². The van der Waals surface area contributed by atoms with Crippen LogP contribution in [0.15, 0.2) is 121 Å². The van der Waals surface area contributed by atoms with E-state index in [2.05, 4.69) is 97.1 Å². The smallest absolute Gasteiger partial charge is 0.310 e. The van der Waals surface area contributed by atoms with Gasteiger partial charge in [-0.25, -0.2) is 0 Å². The lowest BCUT2D eigenvalue weighted by Crippen LogP contribution is -2.53. The molecule has 3 aromatic rings.